The van der Waals surface area contributed by atoms with Gasteiger partial charge in [-0.2, -0.15) is 0 Å². The van der Waals surface area contributed by atoms with Crippen LogP contribution in [0.4, 0.5) is 8.78 Å². The predicted molar refractivity (Wildman–Crippen MR) is 59.9 cm³/mol. The highest BCUT2D eigenvalue weighted by Crippen LogP contribution is 2.05. The van der Waals surface area contributed by atoms with E-state index in [-0.39, 0.29) is 19.7 Å². The van der Waals surface area contributed by atoms with E-state index in [1.54, 1.807) is 13.0 Å². The summed E-state index contributed by atoms with van der Waals surface area (Å²) >= 11 is 0. The van der Waals surface area contributed by atoms with E-state index in [4.69, 9.17) is 5.11 Å². The molecule has 17 heavy (non-hydrogen) atoms. The van der Waals surface area contributed by atoms with Gasteiger partial charge in [-0.15, -0.1) is 0 Å². The van der Waals surface area contributed by atoms with Gasteiger partial charge in [-0.25, -0.2) is 13.6 Å². The lowest BCUT2D eigenvalue weighted by atomic mass is 10.2. The minimum Gasteiger partial charge on any atom is -0.466 e. The third kappa shape index (κ3) is 7.01. The molecule has 0 fully saturated rings. The minimum absolute atomic E-state index is 0.152. The number of methoxy groups -OCH3 is 1. The quantitative estimate of drug-likeness (QED) is 0.517. The summed E-state index contributed by atoms with van der Waals surface area (Å²) in [6, 6.07) is 0. The van der Waals surface area contributed by atoms with Crippen molar-refractivity contribution in [3.63, 3.8) is 0 Å². The number of aliphatic hydroxyl groups is 1. The summed E-state index contributed by atoms with van der Waals surface area (Å²) < 4.78 is 29.0. The lowest BCUT2D eigenvalue weighted by Gasteiger charge is -2.19. The number of esters is 1. The summed E-state index contributed by atoms with van der Waals surface area (Å²) in [4.78, 5) is 12.6. The first-order valence-electron chi connectivity index (χ1n) is 5.43. The first-order chi connectivity index (χ1) is 8.04. The molecule has 0 aliphatic carbocycles. The maximum absolute atomic E-state index is 12.2. The first-order valence-corrected chi connectivity index (χ1v) is 5.43. The maximum atomic E-state index is 12.2. The number of ether oxygens (including phenoxy) is 1. The van der Waals surface area contributed by atoms with Crippen LogP contribution in [0.1, 0.15) is 13.3 Å². The Labute approximate surface area is 99.9 Å². The maximum Gasteiger partial charge on any atom is 0.333 e. The van der Waals surface area contributed by atoms with Crippen LogP contribution in [-0.4, -0.2) is 55.8 Å². The van der Waals surface area contributed by atoms with E-state index >= 15 is 0 Å². The van der Waals surface area contributed by atoms with Crippen LogP contribution in [-0.2, 0) is 9.53 Å². The van der Waals surface area contributed by atoms with Crippen LogP contribution in [0.25, 0.3) is 0 Å². The number of halogens is 2. The Hall–Kier alpha value is -1.01. The molecule has 6 heteroatoms. The number of rotatable bonds is 8. The SMILES string of the molecule is CCC(=CCN(CCO)CC(F)F)C(=O)OC. The van der Waals surface area contributed by atoms with Crippen LogP contribution < -0.4 is 0 Å². The smallest absolute Gasteiger partial charge is 0.333 e. The summed E-state index contributed by atoms with van der Waals surface area (Å²) in [6.45, 7) is 1.52. The van der Waals surface area contributed by atoms with Crippen LogP contribution in [0.2, 0.25) is 0 Å². The van der Waals surface area contributed by atoms with Crippen LogP contribution in [0.3, 0.4) is 0 Å². The summed E-state index contributed by atoms with van der Waals surface area (Å²) in [5.41, 5.74) is 0.449. The van der Waals surface area contributed by atoms with Crippen molar-refractivity contribution < 1.29 is 23.4 Å². The second kappa shape index (κ2) is 9.07. The Balaban J connectivity index is 4.41. The molecule has 0 aliphatic rings. The number of carbonyl (C=O) groups is 1. The van der Waals surface area contributed by atoms with Crippen LogP contribution >= 0.6 is 0 Å². The highest BCUT2D eigenvalue weighted by atomic mass is 19.3. The van der Waals surface area contributed by atoms with Crippen molar-refractivity contribution in [2.24, 2.45) is 0 Å². The minimum atomic E-state index is -2.46. The molecule has 100 valence electrons. The van der Waals surface area contributed by atoms with Crippen LogP contribution in [0.15, 0.2) is 11.6 Å². The molecule has 0 amide bonds. The standard InChI is InChI=1S/C11H19F2NO3/c1-3-9(11(16)17-2)4-5-14(6-7-15)8-10(12)13/h4,10,15H,3,5-8H2,1-2H3. The number of carbonyl (C=O) groups excluding carboxylic acids is 1. The van der Waals surface area contributed by atoms with E-state index in [2.05, 4.69) is 4.74 Å². The monoisotopic (exact) mass is 251 g/mol. The van der Waals surface area contributed by atoms with E-state index in [0.29, 0.717) is 12.0 Å². The summed E-state index contributed by atoms with van der Waals surface area (Å²) in [5.74, 6) is -0.450. The first kappa shape index (κ1) is 16.0. The van der Waals surface area contributed by atoms with Gasteiger partial charge < -0.3 is 9.84 Å². The topological polar surface area (TPSA) is 49.8 Å². The molecule has 0 aromatic heterocycles. The van der Waals surface area contributed by atoms with E-state index in [1.807, 2.05) is 0 Å². The molecule has 0 aliphatic heterocycles. The highest BCUT2D eigenvalue weighted by Gasteiger charge is 2.12. The molecule has 0 heterocycles. The van der Waals surface area contributed by atoms with Crippen molar-refractivity contribution in [2.45, 2.75) is 19.8 Å². The van der Waals surface area contributed by atoms with Gasteiger partial charge in [0.1, 0.15) is 0 Å². The molecule has 0 aromatic carbocycles. The molecule has 0 rings (SSSR count). The molecule has 4 nitrogen and oxygen atoms in total. The fourth-order valence-corrected chi connectivity index (χ4v) is 1.34. The van der Waals surface area contributed by atoms with Crippen molar-refractivity contribution >= 4 is 5.97 Å². The van der Waals surface area contributed by atoms with Crippen LogP contribution in [0, 0.1) is 0 Å². The summed E-state index contributed by atoms with van der Waals surface area (Å²) in [7, 11) is 1.27. The molecule has 0 saturated heterocycles. The Kier molecular flexibility index (Phi) is 8.53. The van der Waals surface area contributed by atoms with Crippen molar-refractivity contribution in [3.8, 4) is 0 Å². The van der Waals surface area contributed by atoms with E-state index in [1.165, 1.54) is 12.0 Å². The number of hydrogen-bond donors (Lipinski definition) is 1. The molecule has 0 saturated carbocycles. The van der Waals surface area contributed by atoms with Gasteiger partial charge in [-0.1, -0.05) is 13.0 Å². The zero-order chi connectivity index (χ0) is 13.3. The number of hydrogen-bond acceptors (Lipinski definition) is 4. The molecule has 0 spiro atoms. The molecule has 0 bridgehead atoms. The van der Waals surface area contributed by atoms with Gasteiger partial charge in [-0.05, 0) is 6.42 Å². The third-order valence-electron chi connectivity index (χ3n) is 2.24. The second-order valence-corrected chi connectivity index (χ2v) is 3.45. The summed E-state index contributed by atoms with van der Waals surface area (Å²) in [5, 5.41) is 8.73. The number of aliphatic hydroxyl groups excluding tert-OH is 1. The molecule has 0 atom stereocenters. The normalized spacial score (nSPS) is 12.3. The second-order valence-electron chi connectivity index (χ2n) is 3.45. The molecule has 0 aromatic rings. The van der Waals surface area contributed by atoms with E-state index in [0.717, 1.165) is 0 Å². The van der Waals surface area contributed by atoms with Gasteiger partial charge in [0.2, 0.25) is 0 Å². The molecule has 1 N–H and O–H groups in total. The summed E-state index contributed by atoms with van der Waals surface area (Å²) in [6.07, 6.45) is -0.420. The zero-order valence-electron chi connectivity index (χ0n) is 10.2. The lowest BCUT2D eigenvalue weighted by Crippen LogP contribution is -2.32. The van der Waals surface area contributed by atoms with Crippen molar-refractivity contribution in [2.75, 3.05) is 33.4 Å². The van der Waals surface area contributed by atoms with Gasteiger partial charge in [-0.3, -0.25) is 4.90 Å². The van der Waals surface area contributed by atoms with E-state index < -0.39 is 18.9 Å². The van der Waals surface area contributed by atoms with Gasteiger partial charge in [0, 0.05) is 18.7 Å². The average Bonchev–Trinajstić information content (AvgIpc) is 2.28. The fourth-order valence-electron chi connectivity index (χ4n) is 1.34. The predicted octanol–water partition coefficient (Wildman–Crippen LogP) is 1.06. The Morgan fingerprint density at radius 3 is 2.59 bits per heavy atom. The Bertz CT molecular complexity index is 257. The van der Waals surface area contributed by atoms with Crippen LogP contribution in [0.5, 0.6) is 0 Å². The molecular formula is C11H19F2NO3. The molecule has 0 unspecified atom stereocenters. The van der Waals surface area contributed by atoms with Crippen molar-refractivity contribution in [1.29, 1.82) is 0 Å². The Morgan fingerprint density at radius 2 is 2.18 bits per heavy atom. The van der Waals surface area contributed by atoms with Crippen molar-refractivity contribution in [3.05, 3.63) is 11.6 Å². The lowest BCUT2D eigenvalue weighted by molar-refractivity contribution is -0.136. The number of alkyl halides is 2. The Morgan fingerprint density at radius 1 is 1.53 bits per heavy atom. The van der Waals surface area contributed by atoms with Gasteiger partial charge in [0.25, 0.3) is 6.43 Å². The van der Waals surface area contributed by atoms with Gasteiger partial charge in [0.05, 0.1) is 20.3 Å². The van der Waals surface area contributed by atoms with Crippen molar-refractivity contribution in [1.82, 2.24) is 4.90 Å². The third-order valence-corrected chi connectivity index (χ3v) is 2.24. The largest absolute Gasteiger partial charge is 0.466 e. The molecule has 0 radical (unpaired) electrons. The average molecular weight is 251 g/mol. The van der Waals surface area contributed by atoms with Gasteiger partial charge >= 0.3 is 5.97 Å². The molecular weight excluding hydrogens is 232 g/mol. The fraction of sp³-hybridized carbons (Fsp3) is 0.727. The number of nitrogens with zero attached hydrogens (tertiary/aromatic N) is 1. The van der Waals surface area contributed by atoms with E-state index in [9.17, 15) is 13.6 Å². The van der Waals surface area contributed by atoms with Gasteiger partial charge in [0.15, 0.2) is 0 Å². The zero-order valence-corrected chi connectivity index (χ0v) is 10.2. The highest BCUT2D eigenvalue weighted by molar-refractivity contribution is 5.88.